The summed E-state index contributed by atoms with van der Waals surface area (Å²) >= 11 is 0. The van der Waals surface area contributed by atoms with E-state index < -0.39 is 63.9 Å². The van der Waals surface area contributed by atoms with Crippen LogP contribution in [-0.4, -0.2) is 18.1 Å². The molecule has 0 aliphatic rings. The number of hydrogen-bond acceptors (Lipinski definition) is 1. The molecule has 0 heterocycles. The van der Waals surface area contributed by atoms with Crippen molar-refractivity contribution >= 4 is 11.4 Å². The number of carbonyl (C=O) groups excluding carboxylic acids is 1. The zero-order valence-corrected chi connectivity index (χ0v) is 11.1. The fraction of sp³-hybridized carbons (Fsp3) is 0.250. The van der Waals surface area contributed by atoms with Gasteiger partial charge in [0.25, 0.3) is 0 Å². The van der Waals surface area contributed by atoms with E-state index in [2.05, 4.69) is 0 Å². The number of hydrogen-bond donors (Lipinski definition) is 0. The van der Waals surface area contributed by atoms with Crippen molar-refractivity contribution in [3.05, 3.63) is 40.2 Å². The molecule has 0 saturated heterocycles. The zero-order chi connectivity index (χ0) is 19.2. The van der Waals surface area contributed by atoms with Crippen LogP contribution in [0.15, 0.2) is 5.57 Å². The van der Waals surface area contributed by atoms with E-state index in [1.807, 2.05) is 0 Å². The third-order valence-electron chi connectivity index (χ3n) is 2.63. The fourth-order valence-corrected chi connectivity index (χ4v) is 1.75. The highest BCUT2D eigenvalue weighted by atomic mass is 19.4. The van der Waals surface area contributed by atoms with Gasteiger partial charge in [0.1, 0.15) is 5.57 Å². The van der Waals surface area contributed by atoms with E-state index in [-0.39, 0.29) is 6.92 Å². The van der Waals surface area contributed by atoms with Crippen LogP contribution in [0.2, 0.25) is 0 Å². The number of carbonyl (C=O) groups is 1. The SMILES string of the molecule is CC(=O)/C(=C(\c1c(F)c(F)c(F)c(F)c1F)C(F)(F)F)C(F)(F)F. The van der Waals surface area contributed by atoms with Crippen molar-refractivity contribution in [1.29, 1.82) is 0 Å². The third-order valence-corrected chi connectivity index (χ3v) is 2.63. The molecule has 0 atom stereocenters. The van der Waals surface area contributed by atoms with Gasteiger partial charge < -0.3 is 0 Å². The first-order valence-electron chi connectivity index (χ1n) is 5.53. The molecule has 1 aromatic rings. The largest absolute Gasteiger partial charge is 0.420 e. The molecule has 0 radical (unpaired) electrons. The van der Waals surface area contributed by atoms with Gasteiger partial charge in [-0.3, -0.25) is 4.79 Å². The first-order valence-corrected chi connectivity index (χ1v) is 5.53. The maximum Gasteiger partial charge on any atom is 0.420 e. The molecule has 134 valence electrons. The zero-order valence-electron chi connectivity index (χ0n) is 11.1. The van der Waals surface area contributed by atoms with Crippen molar-refractivity contribution in [2.24, 2.45) is 0 Å². The van der Waals surface area contributed by atoms with Crippen LogP contribution in [0, 0.1) is 29.1 Å². The van der Waals surface area contributed by atoms with Gasteiger partial charge in [-0.15, -0.1) is 0 Å². The molecule has 1 aromatic carbocycles. The Morgan fingerprint density at radius 1 is 0.667 bits per heavy atom. The minimum absolute atomic E-state index is 0.0133. The highest BCUT2D eigenvalue weighted by Crippen LogP contribution is 2.44. The predicted molar refractivity (Wildman–Crippen MR) is 55.9 cm³/mol. The average molecular weight is 372 g/mol. The van der Waals surface area contributed by atoms with E-state index in [1.165, 1.54) is 0 Å². The van der Waals surface area contributed by atoms with Crippen LogP contribution in [0.4, 0.5) is 48.3 Å². The Labute approximate surface area is 125 Å². The van der Waals surface area contributed by atoms with E-state index >= 15 is 0 Å². The van der Waals surface area contributed by atoms with E-state index in [0.717, 1.165) is 0 Å². The van der Waals surface area contributed by atoms with Gasteiger partial charge >= 0.3 is 12.4 Å². The van der Waals surface area contributed by atoms with Crippen molar-refractivity contribution in [2.45, 2.75) is 19.3 Å². The Bertz CT molecular complexity index is 695. The lowest BCUT2D eigenvalue weighted by atomic mass is 9.95. The van der Waals surface area contributed by atoms with Crippen molar-refractivity contribution in [1.82, 2.24) is 0 Å². The van der Waals surface area contributed by atoms with Gasteiger partial charge in [-0.2, -0.15) is 26.3 Å². The molecule has 0 amide bonds. The second-order valence-electron chi connectivity index (χ2n) is 4.25. The molecular formula is C12H3F11O. The van der Waals surface area contributed by atoms with E-state index in [0.29, 0.717) is 0 Å². The summed E-state index contributed by atoms with van der Waals surface area (Å²) in [4.78, 5) is 10.9. The van der Waals surface area contributed by atoms with Crippen LogP contribution >= 0.6 is 0 Å². The molecule has 0 N–H and O–H groups in total. The molecule has 0 unspecified atom stereocenters. The Hall–Kier alpha value is -2.14. The maximum absolute atomic E-state index is 13.5. The second kappa shape index (κ2) is 6.06. The number of benzene rings is 1. The van der Waals surface area contributed by atoms with Gasteiger partial charge in [-0.05, 0) is 6.92 Å². The highest BCUT2D eigenvalue weighted by molar-refractivity contribution is 6.03. The molecule has 0 fully saturated rings. The Morgan fingerprint density at radius 3 is 1.25 bits per heavy atom. The second-order valence-corrected chi connectivity index (χ2v) is 4.25. The minimum Gasteiger partial charge on any atom is -0.294 e. The summed E-state index contributed by atoms with van der Waals surface area (Å²) in [6.07, 6.45) is -12.3. The van der Waals surface area contributed by atoms with Crippen LogP contribution in [0.5, 0.6) is 0 Å². The summed E-state index contributed by atoms with van der Waals surface area (Å²) in [5, 5.41) is 0. The quantitative estimate of drug-likeness (QED) is 0.314. The number of Topliss-reactive ketones (excluding diaryl/α,β-unsaturated/α-hetero) is 1. The predicted octanol–water partition coefficient (Wildman–Crippen LogP) is 4.85. The van der Waals surface area contributed by atoms with Crippen molar-refractivity contribution in [3.8, 4) is 0 Å². The normalized spacial score (nSPS) is 13.8. The third kappa shape index (κ3) is 3.36. The molecule has 1 nitrogen and oxygen atoms in total. The van der Waals surface area contributed by atoms with E-state index in [4.69, 9.17) is 0 Å². The van der Waals surface area contributed by atoms with Crippen molar-refractivity contribution < 1.29 is 53.1 Å². The minimum atomic E-state index is -6.26. The topological polar surface area (TPSA) is 17.1 Å². The van der Waals surface area contributed by atoms with Gasteiger partial charge in [0, 0.05) is 0 Å². The molecule has 0 saturated carbocycles. The van der Waals surface area contributed by atoms with Crippen molar-refractivity contribution in [3.63, 3.8) is 0 Å². The summed E-state index contributed by atoms with van der Waals surface area (Å²) in [6.45, 7) is -0.0133. The summed E-state index contributed by atoms with van der Waals surface area (Å²) in [6, 6.07) is 0. The average Bonchev–Trinajstić information content (AvgIpc) is 2.39. The van der Waals surface area contributed by atoms with Crippen LogP contribution in [0.1, 0.15) is 12.5 Å². The summed E-state index contributed by atoms with van der Waals surface area (Å²) < 4.78 is 143. The smallest absolute Gasteiger partial charge is 0.294 e. The van der Waals surface area contributed by atoms with Gasteiger partial charge in [0.05, 0.1) is 11.1 Å². The van der Waals surface area contributed by atoms with Gasteiger partial charge in [-0.25, -0.2) is 22.0 Å². The standard InChI is InChI=1S/C12H3F11O/c1-2(24)4(11(18,19)20)5(12(21,22)23)3-6(13)8(15)10(17)9(16)7(3)14/h1H3/b5-4-. The first-order chi connectivity index (χ1) is 10.6. The lowest BCUT2D eigenvalue weighted by Gasteiger charge is -2.20. The van der Waals surface area contributed by atoms with Gasteiger partial charge in [-0.1, -0.05) is 0 Å². The Kier molecular flexibility index (Phi) is 5.02. The molecular weight excluding hydrogens is 369 g/mol. The lowest BCUT2D eigenvalue weighted by Crippen LogP contribution is -2.27. The van der Waals surface area contributed by atoms with Crippen molar-refractivity contribution in [2.75, 3.05) is 0 Å². The fourth-order valence-electron chi connectivity index (χ4n) is 1.75. The number of alkyl halides is 6. The molecule has 0 bridgehead atoms. The highest BCUT2D eigenvalue weighted by Gasteiger charge is 2.50. The van der Waals surface area contributed by atoms with Crippen LogP contribution < -0.4 is 0 Å². The van der Waals surface area contributed by atoms with Crippen LogP contribution in [-0.2, 0) is 4.79 Å². The number of rotatable bonds is 2. The van der Waals surface area contributed by atoms with Gasteiger partial charge in [0.2, 0.25) is 5.82 Å². The molecule has 0 spiro atoms. The lowest BCUT2D eigenvalue weighted by molar-refractivity contribution is -0.129. The summed E-state index contributed by atoms with van der Waals surface area (Å²) in [5.41, 5.74) is -9.30. The first kappa shape index (κ1) is 19.9. The van der Waals surface area contributed by atoms with E-state index in [9.17, 15) is 53.1 Å². The number of ketones is 1. The summed E-state index contributed by atoms with van der Waals surface area (Å²) in [5.74, 6) is -17.3. The molecule has 12 heteroatoms. The van der Waals surface area contributed by atoms with Crippen LogP contribution in [0.3, 0.4) is 0 Å². The Morgan fingerprint density at radius 2 is 1.00 bits per heavy atom. The van der Waals surface area contributed by atoms with Crippen LogP contribution in [0.25, 0.3) is 5.57 Å². The van der Waals surface area contributed by atoms with E-state index in [1.54, 1.807) is 0 Å². The molecule has 0 aliphatic heterocycles. The number of halogens is 11. The molecule has 0 aliphatic carbocycles. The molecule has 0 aromatic heterocycles. The Balaban J connectivity index is 4.18. The summed E-state index contributed by atoms with van der Waals surface area (Å²) in [7, 11) is 0. The molecule has 1 rings (SSSR count). The van der Waals surface area contributed by atoms with Gasteiger partial charge in [0.15, 0.2) is 29.1 Å². The maximum atomic E-state index is 13.5. The monoisotopic (exact) mass is 372 g/mol. The molecule has 24 heavy (non-hydrogen) atoms. The number of allylic oxidation sites excluding steroid dienone is 2.